The summed E-state index contributed by atoms with van der Waals surface area (Å²) in [7, 11) is 3.03. The fourth-order valence-corrected chi connectivity index (χ4v) is 3.08. The molecule has 0 fully saturated rings. The van der Waals surface area contributed by atoms with Crippen LogP contribution in [0.5, 0.6) is 17.2 Å². The minimum absolute atomic E-state index is 0.0926. The Bertz CT molecular complexity index is 1110. The van der Waals surface area contributed by atoms with Crippen LogP contribution in [0.3, 0.4) is 0 Å². The normalized spacial score (nSPS) is 11.5. The number of nitrogens with one attached hydrogen (secondary N) is 2. The lowest BCUT2D eigenvalue weighted by Gasteiger charge is -2.14. The van der Waals surface area contributed by atoms with E-state index in [-0.39, 0.29) is 18.6 Å². The number of nitrogens with zero attached hydrogens (tertiary/aromatic N) is 1. The number of benzene rings is 3. The van der Waals surface area contributed by atoms with Gasteiger partial charge < -0.3 is 19.5 Å². The lowest BCUT2D eigenvalue weighted by atomic mass is 10.1. The molecular weight excluding hydrogens is 434 g/mol. The highest BCUT2D eigenvalue weighted by molar-refractivity contribution is 5.95. The Balaban J connectivity index is 1.48. The topological polar surface area (TPSA) is 98.2 Å². The van der Waals surface area contributed by atoms with Gasteiger partial charge in [-0.15, -0.1) is 0 Å². The third-order valence-electron chi connectivity index (χ3n) is 4.92. The number of hydrazone groups is 1. The van der Waals surface area contributed by atoms with Crippen molar-refractivity contribution in [2.45, 2.75) is 13.0 Å². The quantitative estimate of drug-likeness (QED) is 0.354. The first-order chi connectivity index (χ1) is 16.5. The van der Waals surface area contributed by atoms with Crippen molar-refractivity contribution in [1.29, 1.82) is 0 Å². The lowest BCUT2D eigenvalue weighted by molar-refractivity contribution is -0.123. The van der Waals surface area contributed by atoms with Crippen molar-refractivity contribution >= 4 is 18.0 Å². The predicted molar refractivity (Wildman–Crippen MR) is 130 cm³/mol. The number of carbonyl (C=O) groups is 2. The van der Waals surface area contributed by atoms with Crippen LogP contribution in [0.2, 0.25) is 0 Å². The van der Waals surface area contributed by atoms with Crippen LogP contribution in [0.15, 0.2) is 77.9 Å². The highest BCUT2D eigenvalue weighted by Gasteiger charge is 2.10. The van der Waals surface area contributed by atoms with Crippen LogP contribution < -0.4 is 25.0 Å². The molecule has 3 aromatic carbocycles. The number of amides is 2. The van der Waals surface area contributed by atoms with Gasteiger partial charge in [0.05, 0.1) is 26.5 Å². The van der Waals surface area contributed by atoms with Gasteiger partial charge in [0, 0.05) is 11.6 Å². The summed E-state index contributed by atoms with van der Waals surface area (Å²) in [5, 5.41) is 6.89. The second kappa shape index (κ2) is 12.1. The zero-order valence-corrected chi connectivity index (χ0v) is 19.3. The van der Waals surface area contributed by atoms with Crippen molar-refractivity contribution in [3.05, 3.63) is 89.5 Å². The van der Waals surface area contributed by atoms with Crippen LogP contribution in [-0.2, 0) is 4.79 Å². The summed E-state index contributed by atoms with van der Waals surface area (Å²) >= 11 is 0. The zero-order valence-electron chi connectivity index (χ0n) is 19.3. The Morgan fingerprint density at radius 2 is 1.56 bits per heavy atom. The second-order valence-corrected chi connectivity index (χ2v) is 7.36. The van der Waals surface area contributed by atoms with Crippen LogP contribution in [0, 0.1) is 0 Å². The van der Waals surface area contributed by atoms with Gasteiger partial charge in [-0.3, -0.25) is 9.59 Å². The van der Waals surface area contributed by atoms with E-state index in [1.165, 1.54) is 20.4 Å². The van der Waals surface area contributed by atoms with Crippen molar-refractivity contribution in [2.75, 3.05) is 20.8 Å². The summed E-state index contributed by atoms with van der Waals surface area (Å²) in [5.41, 5.74) is 4.60. The molecule has 0 bridgehead atoms. The third-order valence-corrected chi connectivity index (χ3v) is 4.92. The largest absolute Gasteiger partial charge is 0.497 e. The number of methoxy groups -OCH3 is 2. The summed E-state index contributed by atoms with van der Waals surface area (Å²) in [6.07, 6.45) is 1.51. The van der Waals surface area contributed by atoms with Gasteiger partial charge in [0.2, 0.25) is 0 Å². The first-order valence-corrected chi connectivity index (χ1v) is 10.6. The Labute approximate surface area is 198 Å². The van der Waals surface area contributed by atoms with Gasteiger partial charge in [-0.2, -0.15) is 5.10 Å². The number of rotatable bonds is 10. The smallest absolute Gasteiger partial charge is 0.271 e. The Morgan fingerprint density at radius 1 is 0.912 bits per heavy atom. The number of hydrogen-bond donors (Lipinski definition) is 2. The molecule has 1 atom stereocenters. The van der Waals surface area contributed by atoms with E-state index in [0.29, 0.717) is 22.8 Å². The minimum Gasteiger partial charge on any atom is -0.497 e. The van der Waals surface area contributed by atoms with E-state index < -0.39 is 5.91 Å². The molecule has 2 N–H and O–H groups in total. The van der Waals surface area contributed by atoms with Crippen molar-refractivity contribution < 1.29 is 23.8 Å². The van der Waals surface area contributed by atoms with E-state index in [0.717, 1.165) is 11.1 Å². The fraction of sp³-hybridized carbons (Fsp3) is 0.192. The first kappa shape index (κ1) is 24.3. The van der Waals surface area contributed by atoms with Crippen molar-refractivity contribution in [3.63, 3.8) is 0 Å². The molecule has 0 saturated heterocycles. The molecule has 8 nitrogen and oxygen atoms in total. The highest BCUT2D eigenvalue weighted by atomic mass is 16.5. The Kier molecular flexibility index (Phi) is 8.62. The first-order valence-electron chi connectivity index (χ1n) is 10.6. The second-order valence-electron chi connectivity index (χ2n) is 7.36. The molecule has 0 aliphatic heterocycles. The number of ether oxygens (including phenoxy) is 3. The molecule has 0 unspecified atom stereocenters. The standard InChI is InChI=1S/C26H27N3O5/c1-18(20-7-5-4-6-8-20)28-25(30)17-34-22-11-9-19(10-12-22)16-27-29-26(31)21-13-23(32-2)15-24(14-21)33-3/h4-16,18H,17H2,1-3H3,(H,28,30)(H,29,31)/b27-16+/t18-/m1/s1. The summed E-state index contributed by atoms with van der Waals surface area (Å²) in [4.78, 5) is 24.5. The molecule has 3 aromatic rings. The van der Waals surface area contributed by atoms with Gasteiger partial charge in [-0.1, -0.05) is 30.3 Å². The molecule has 0 aliphatic carbocycles. The van der Waals surface area contributed by atoms with Gasteiger partial charge in [0.25, 0.3) is 11.8 Å². The van der Waals surface area contributed by atoms with Crippen LogP contribution >= 0.6 is 0 Å². The maximum absolute atomic E-state index is 12.3. The number of carbonyl (C=O) groups excluding carboxylic acids is 2. The Morgan fingerprint density at radius 3 is 2.18 bits per heavy atom. The summed E-state index contributed by atoms with van der Waals surface area (Å²) < 4.78 is 15.9. The van der Waals surface area contributed by atoms with Gasteiger partial charge in [-0.25, -0.2) is 5.43 Å². The van der Waals surface area contributed by atoms with Crippen LogP contribution in [0.4, 0.5) is 0 Å². The minimum atomic E-state index is -0.399. The van der Waals surface area contributed by atoms with E-state index in [9.17, 15) is 9.59 Å². The molecule has 0 aliphatic rings. The molecule has 8 heteroatoms. The monoisotopic (exact) mass is 461 g/mol. The predicted octanol–water partition coefficient (Wildman–Crippen LogP) is 3.72. The van der Waals surface area contributed by atoms with Gasteiger partial charge in [-0.05, 0) is 54.4 Å². The number of hydrogen-bond acceptors (Lipinski definition) is 6. The molecule has 0 aromatic heterocycles. The van der Waals surface area contributed by atoms with E-state index >= 15 is 0 Å². The van der Waals surface area contributed by atoms with Gasteiger partial charge in [0.15, 0.2) is 6.61 Å². The third kappa shape index (κ3) is 7.09. The van der Waals surface area contributed by atoms with Gasteiger partial charge in [0.1, 0.15) is 17.2 Å². The molecule has 0 heterocycles. The van der Waals surface area contributed by atoms with Crippen LogP contribution in [-0.4, -0.2) is 38.9 Å². The van der Waals surface area contributed by atoms with E-state index in [2.05, 4.69) is 15.8 Å². The lowest BCUT2D eigenvalue weighted by Crippen LogP contribution is -2.31. The molecule has 34 heavy (non-hydrogen) atoms. The maximum Gasteiger partial charge on any atom is 0.271 e. The SMILES string of the molecule is COc1cc(OC)cc(C(=O)N/N=C/c2ccc(OCC(=O)N[C@H](C)c3ccccc3)cc2)c1. The maximum atomic E-state index is 12.3. The average Bonchev–Trinajstić information content (AvgIpc) is 2.88. The fourth-order valence-electron chi connectivity index (χ4n) is 3.08. The molecule has 0 radical (unpaired) electrons. The van der Waals surface area contributed by atoms with Crippen molar-refractivity contribution in [1.82, 2.24) is 10.7 Å². The summed E-state index contributed by atoms with van der Waals surface area (Å²) in [6, 6.07) is 21.5. The van der Waals surface area contributed by atoms with E-state index in [1.54, 1.807) is 42.5 Å². The summed E-state index contributed by atoms with van der Waals surface area (Å²) in [5.74, 6) is 0.953. The van der Waals surface area contributed by atoms with Crippen LogP contribution in [0.25, 0.3) is 0 Å². The van der Waals surface area contributed by atoms with Crippen LogP contribution in [0.1, 0.15) is 34.5 Å². The van der Waals surface area contributed by atoms with E-state index in [1.807, 2.05) is 37.3 Å². The van der Waals surface area contributed by atoms with Crippen molar-refractivity contribution in [2.24, 2.45) is 5.10 Å². The molecular formula is C26H27N3O5. The molecule has 2 amide bonds. The molecule has 176 valence electrons. The summed E-state index contributed by atoms with van der Waals surface area (Å²) in [6.45, 7) is 1.83. The van der Waals surface area contributed by atoms with Gasteiger partial charge >= 0.3 is 0 Å². The van der Waals surface area contributed by atoms with E-state index in [4.69, 9.17) is 14.2 Å². The molecule has 0 saturated carbocycles. The Hall–Kier alpha value is -4.33. The average molecular weight is 462 g/mol. The zero-order chi connectivity index (χ0) is 24.3. The molecule has 0 spiro atoms. The molecule has 3 rings (SSSR count). The highest BCUT2D eigenvalue weighted by Crippen LogP contribution is 2.22. The van der Waals surface area contributed by atoms with Crippen molar-refractivity contribution in [3.8, 4) is 17.2 Å².